The molecule has 0 unspecified atom stereocenters. The first-order valence-electron chi connectivity index (χ1n) is 9.88. The SMILES string of the molecule is CS(=O)(=O)c1ccc(-c2cnc(N)c(-c3ccc(-c4cccc(OC(F)(F)F)c4)nc3)c2)cc1. The number of pyridine rings is 2. The van der Waals surface area contributed by atoms with Crippen molar-refractivity contribution in [1.29, 1.82) is 0 Å². The number of benzene rings is 2. The largest absolute Gasteiger partial charge is 0.573 e. The van der Waals surface area contributed by atoms with E-state index in [0.717, 1.165) is 17.4 Å². The Kier molecular flexibility index (Phi) is 6.01. The normalized spacial score (nSPS) is 11.9. The van der Waals surface area contributed by atoms with Crippen LogP contribution in [0.2, 0.25) is 0 Å². The van der Waals surface area contributed by atoms with Crippen molar-refractivity contribution < 1.29 is 26.3 Å². The molecular weight excluding hydrogens is 467 g/mol. The summed E-state index contributed by atoms with van der Waals surface area (Å²) < 4.78 is 64.8. The third-order valence-electron chi connectivity index (χ3n) is 4.97. The van der Waals surface area contributed by atoms with E-state index in [1.54, 1.807) is 42.7 Å². The van der Waals surface area contributed by atoms with Crippen LogP contribution in [-0.4, -0.2) is 31.0 Å². The van der Waals surface area contributed by atoms with E-state index in [0.29, 0.717) is 22.4 Å². The summed E-state index contributed by atoms with van der Waals surface area (Å²) in [6.07, 6.45) is -0.503. The van der Waals surface area contributed by atoms with E-state index < -0.39 is 16.2 Å². The highest BCUT2D eigenvalue weighted by Gasteiger charge is 2.31. The molecule has 0 atom stereocenters. The number of aromatic nitrogens is 2. The van der Waals surface area contributed by atoms with E-state index in [9.17, 15) is 21.6 Å². The third kappa shape index (κ3) is 5.34. The monoisotopic (exact) mass is 485 g/mol. The van der Waals surface area contributed by atoms with Crippen LogP contribution in [0.5, 0.6) is 5.75 Å². The second-order valence-electron chi connectivity index (χ2n) is 7.46. The Labute approximate surface area is 193 Å². The number of anilines is 1. The number of hydrogen-bond donors (Lipinski definition) is 1. The molecule has 2 aromatic heterocycles. The first kappa shape index (κ1) is 23.2. The average molecular weight is 485 g/mol. The minimum atomic E-state index is -4.78. The van der Waals surface area contributed by atoms with Crippen molar-refractivity contribution in [2.45, 2.75) is 11.3 Å². The number of ether oxygens (including phenoxy) is 1. The Balaban J connectivity index is 1.63. The summed E-state index contributed by atoms with van der Waals surface area (Å²) in [5, 5.41) is 0. The van der Waals surface area contributed by atoms with Gasteiger partial charge in [0.2, 0.25) is 0 Å². The molecule has 0 aliphatic heterocycles. The Hall–Kier alpha value is -3.92. The molecule has 34 heavy (non-hydrogen) atoms. The maximum absolute atomic E-state index is 12.5. The lowest BCUT2D eigenvalue weighted by molar-refractivity contribution is -0.274. The molecule has 6 nitrogen and oxygen atoms in total. The lowest BCUT2D eigenvalue weighted by atomic mass is 10.0. The van der Waals surface area contributed by atoms with Crippen molar-refractivity contribution in [3.05, 3.63) is 79.1 Å². The molecule has 4 aromatic rings. The fourth-order valence-corrected chi connectivity index (χ4v) is 3.97. The molecule has 2 aromatic carbocycles. The molecule has 0 saturated heterocycles. The minimum Gasteiger partial charge on any atom is -0.406 e. The van der Waals surface area contributed by atoms with Crippen molar-refractivity contribution >= 4 is 15.7 Å². The van der Waals surface area contributed by atoms with Gasteiger partial charge in [0.05, 0.1) is 10.6 Å². The molecule has 0 aliphatic rings. The van der Waals surface area contributed by atoms with Gasteiger partial charge in [-0.05, 0) is 42.0 Å². The van der Waals surface area contributed by atoms with E-state index >= 15 is 0 Å². The first-order valence-corrected chi connectivity index (χ1v) is 11.8. The van der Waals surface area contributed by atoms with Gasteiger partial charge in [0.15, 0.2) is 9.84 Å². The molecule has 0 aliphatic carbocycles. The third-order valence-corrected chi connectivity index (χ3v) is 6.10. The van der Waals surface area contributed by atoms with Gasteiger partial charge in [-0.15, -0.1) is 13.2 Å². The van der Waals surface area contributed by atoms with Crippen molar-refractivity contribution in [3.8, 4) is 39.3 Å². The Morgan fingerprint density at radius 3 is 2.12 bits per heavy atom. The first-order chi connectivity index (χ1) is 16.0. The smallest absolute Gasteiger partial charge is 0.406 e. The molecule has 10 heteroatoms. The number of rotatable bonds is 5. The summed E-state index contributed by atoms with van der Waals surface area (Å²) in [5.41, 5.74) is 9.73. The molecule has 4 rings (SSSR count). The highest BCUT2D eigenvalue weighted by atomic mass is 32.2. The van der Waals surface area contributed by atoms with E-state index in [1.165, 1.54) is 30.3 Å². The van der Waals surface area contributed by atoms with Gasteiger partial charge in [-0.2, -0.15) is 0 Å². The number of halogens is 3. The number of nitrogens with two attached hydrogens (primary N) is 1. The van der Waals surface area contributed by atoms with E-state index in [2.05, 4.69) is 14.7 Å². The average Bonchev–Trinajstić information content (AvgIpc) is 2.78. The zero-order valence-corrected chi connectivity index (χ0v) is 18.6. The van der Waals surface area contributed by atoms with Gasteiger partial charge in [0, 0.05) is 40.9 Å². The van der Waals surface area contributed by atoms with Crippen LogP contribution in [0.25, 0.3) is 33.5 Å². The highest BCUT2D eigenvalue weighted by molar-refractivity contribution is 7.90. The molecule has 2 heterocycles. The standard InChI is InChI=1S/C24H18F3N3O3S/c1-34(31,32)20-8-5-15(6-9-20)18-12-21(23(28)30-14-18)17-7-10-22(29-13-17)16-3-2-4-19(11-16)33-24(25,26)27/h2-14H,1H3,(H2,28,30). The number of alkyl halides is 3. The summed E-state index contributed by atoms with van der Waals surface area (Å²) in [5.74, 6) is -0.0643. The summed E-state index contributed by atoms with van der Waals surface area (Å²) in [6.45, 7) is 0. The maximum atomic E-state index is 12.5. The number of sulfone groups is 1. The maximum Gasteiger partial charge on any atom is 0.573 e. The Bertz CT molecular complexity index is 1440. The molecule has 0 spiro atoms. The molecular formula is C24H18F3N3O3S. The predicted octanol–water partition coefficient (Wildman–Crippen LogP) is 5.36. The van der Waals surface area contributed by atoms with E-state index in [-0.39, 0.29) is 16.5 Å². The van der Waals surface area contributed by atoms with Crippen molar-refractivity contribution in [3.63, 3.8) is 0 Å². The van der Waals surface area contributed by atoms with Crippen LogP contribution in [0, 0.1) is 0 Å². The van der Waals surface area contributed by atoms with Crippen molar-refractivity contribution in [1.82, 2.24) is 9.97 Å². The molecule has 0 saturated carbocycles. The summed E-state index contributed by atoms with van der Waals surface area (Å²) in [6, 6.07) is 17.2. The van der Waals surface area contributed by atoms with Crippen LogP contribution in [0.1, 0.15) is 0 Å². The van der Waals surface area contributed by atoms with Crippen molar-refractivity contribution in [2.24, 2.45) is 0 Å². The zero-order chi connectivity index (χ0) is 24.5. The fourth-order valence-electron chi connectivity index (χ4n) is 3.34. The van der Waals surface area contributed by atoms with Crippen LogP contribution in [0.3, 0.4) is 0 Å². The molecule has 0 amide bonds. The van der Waals surface area contributed by atoms with Crippen LogP contribution in [0.15, 0.2) is 84.0 Å². The van der Waals surface area contributed by atoms with Gasteiger partial charge >= 0.3 is 6.36 Å². The summed E-state index contributed by atoms with van der Waals surface area (Å²) >= 11 is 0. The van der Waals surface area contributed by atoms with E-state index in [4.69, 9.17) is 5.73 Å². The predicted molar refractivity (Wildman–Crippen MR) is 123 cm³/mol. The highest BCUT2D eigenvalue weighted by Crippen LogP contribution is 2.32. The molecule has 0 bridgehead atoms. The van der Waals surface area contributed by atoms with Gasteiger partial charge in [0.1, 0.15) is 11.6 Å². The second kappa shape index (κ2) is 8.79. The van der Waals surface area contributed by atoms with E-state index in [1.807, 2.05) is 6.07 Å². The number of hydrogen-bond acceptors (Lipinski definition) is 6. The van der Waals surface area contributed by atoms with Gasteiger partial charge in [-0.1, -0.05) is 30.3 Å². The molecule has 0 radical (unpaired) electrons. The van der Waals surface area contributed by atoms with Gasteiger partial charge in [-0.25, -0.2) is 13.4 Å². The van der Waals surface area contributed by atoms with Gasteiger partial charge in [-0.3, -0.25) is 4.98 Å². The summed E-state index contributed by atoms with van der Waals surface area (Å²) in [7, 11) is -3.31. The van der Waals surface area contributed by atoms with Crippen LogP contribution >= 0.6 is 0 Å². The van der Waals surface area contributed by atoms with Crippen LogP contribution < -0.4 is 10.5 Å². The van der Waals surface area contributed by atoms with Crippen molar-refractivity contribution in [2.75, 3.05) is 12.0 Å². The van der Waals surface area contributed by atoms with Gasteiger partial charge < -0.3 is 10.5 Å². The molecule has 174 valence electrons. The van der Waals surface area contributed by atoms with Crippen LogP contribution in [0.4, 0.5) is 19.0 Å². The number of nitrogen functional groups attached to an aromatic ring is 1. The quantitative estimate of drug-likeness (QED) is 0.409. The lowest BCUT2D eigenvalue weighted by Gasteiger charge is -2.11. The number of nitrogens with zero attached hydrogens (tertiary/aromatic N) is 2. The van der Waals surface area contributed by atoms with Gasteiger partial charge in [0.25, 0.3) is 0 Å². The minimum absolute atomic E-state index is 0.212. The zero-order valence-electron chi connectivity index (χ0n) is 17.7. The Morgan fingerprint density at radius 2 is 1.50 bits per heavy atom. The Morgan fingerprint density at radius 1 is 0.824 bits per heavy atom. The topological polar surface area (TPSA) is 95.2 Å². The molecule has 2 N–H and O–H groups in total. The summed E-state index contributed by atoms with van der Waals surface area (Å²) in [4.78, 5) is 8.81. The lowest BCUT2D eigenvalue weighted by Crippen LogP contribution is -2.17. The molecule has 0 fully saturated rings. The fraction of sp³-hybridized carbons (Fsp3) is 0.0833. The second-order valence-corrected chi connectivity index (χ2v) is 9.48. The van der Waals surface area contributed by atoms with Crippen LogP contribution in [-0.2, 0) is 9.84 Å².